The van der Waals surface area contributed by atoms with Crippen LogP contribution in [0.15, 0.2) is 34.6 Å². The van der Waals surface area contributed by atoms with E-state index in [1.54, 1.807) is 11.5 Å². The molecule has 8 heteroatoms. The second kappa shape index (κ2) is 6.15. The van der Waals surface area contributed by atoms with Crippen LogP contribution in [0.25, 0.3) is 6.08 Å². The molecule has 0 aliphatic heterocycles. The lowest BCUT2D eigenvalue weighted by atomic mass is 10.1. The maximum atomic E-state index is 12.0. The summed E-state index contributed by atoms with van der Waals surface area (Å²) in [7, 11) is -2.05. The highest BCUT2D eigenvalue weighted by Crippen LogP contribution is 2.25. The summed E-state index contributed by atoms with van der Waals surface area (Å²) >= 11 is 1.19. The van der Waals surface area contributed by atoms with E-state index in [0.29, 0.717) is 11.3 Å². The third-order valence-electron chi connectivity index (χ3n) is 2.63. The summed E-state index contributed by atoms with van der Waals surface area (Å²) in [6, 6.07) is 4.22. The molecule has 21 heavy (non-hydrogen) atoms. The highest BCUT2D eigenvalue weighted by molar-refractivity contribution is 7.90. The molecule has 0 fully saturated rings. The number of carbonyl (C=O) groups is 1. The van der Waals surface area contributed by atoms with E-state index in [0.717, 1.165) is 6.26 Å². The number of ether oxygens (including phenoxy) is 1. The molecule has 0 atom stereocenters. The monoisotopic (exact) mass is 324 g/mol. The van der Waals surface area contributed by atoms with E-state index in [9.17, 15) is 13.2 Å². The summed E-state index contributed by atoms with van der Waals surface area (Å²) in [5.74, 6) is -0.131. The van der Waals surface area contributed by atoms with E-state index in [4.69, 9.17) is 4.74 Å². The zero-order chi connectivity index (χ0) is 15.5. The Hall–Kier alpha value is -2.06. The number of benzene rings is 1. The maximum Gasteiger partial charge on any atom is 0.186 e. The first-order valence-corrected chi connectivity index (χ1v) is 8.52. The molecule has 0 bridgehead atoms. The number of allylic oxidation sites excluding steroid dienone is 1. The number of nitrogens with zero attached hydrogens (tertiary/aromatic N) is 2. The van der Waals surface area contributed by atoms with Crippen molar-refractivity contribution in [3.05, 3.63) is 40.9 Å². The molecule has 0 saturated carbocycles. The first-order valence-electron chi connectivity index (χ1n) is 5.79. The number of sulfone groups is 1. The van der Waals surface area contributed by atoms with Gasteiger partial charge in [0.1, 0.15) is 10.6 Å². The summed E-state index contributed by atoms with van der Waals surface area (Å²) in [6.45, 7) is 0. The van der Waals surface area contributed by atoms with E-state index in [2.05, 4.69) is 9.59 Å². The van der Waals surface area contributed by atoms with Crippen molar-refractivity contribution in [1.29, 1.82) is 0 Å². The van der Waals surface area contributed by atoms with Crippen molar-refractivity contribution in [1.82, 2.24) is 9.59 Å². The van der Waals surface area contributed by atoms with Gasteiger partial charge >= 0.3 is 0 Å². The van der Waals surface area contributed by atoms with Gasteiger partial charge in [0, 0.05) is 17.2 Å². The average molecular weight is 324 g/mol. The first kappa shape index (κ1) is 15.3. The molecule has 1 aromatic heterocycles. The van der Waals surface area contributed by atoms with Gasteiger partial charge in [0.05, 0.1) is 12.8 Å². The van der Waals surface area contributed by atoms with Crippen LogP contribution in [0.2, 0.25) is 0 Å². The molecule has 0 spiro atoms. The van der Waals surface area contributed by atoms with Gasteiger partial charge in [0.15, 0.2) is 15.6 Å². The molecule has 0 aliphatic rings. The first-order chi connectivity index (χ1) is 9.91. The summed E-state index contributed by atoms with van der Waals surface area (Å²) in [6.07, 6.45) is 3.98. The third kappa shape index (κ3) is 3.73. The molecule has 0 N–H and O–H groups in total. The largest absolute Gasteiger partial charge is 0.495 e. The molecule has 0 amide bonds. The smallest absolute Gasteiger partial charge is 0.186 e. The summed E-state index contributed by atoms with van der Waals surface area (Å²) in [5.41, 5.74) is 0.923. The van der Waals surface area contributed by atoms with Crippen LogP contribution in [-0.2, 0) is 9.84 Å². The Labute approximate surface area is 126 Å². The zero-order valence-corrected chi connectivity index (χ0v) is 12.9. The molecule has 1 aromatic carbocycles. The van der Waals surface area contributed by atoms with Crippen LogP contribution in [0.1, 0.15) is 16.1 Å². The number of rotatable bonds is 5. The van der Waals surface area contributed by atoms with Gasteiger partial charge < -0.3 is 4.74 Å². The highest BCUT2D eigenvalue weighted by atomic mass is 32.2. The Morgan fingerprint density at radius 1 is 1.38 bits per heavy atom. The molecule has 0 unspecified atom stereocenters. The van der Waals surface area contributed by atoms with Crippen molar-refractivity contribution in [2.75, 3.05) is 13.4 Å². The molecular weight excluding hydrogens is 312 g/mol. The van der Waals surface area contributed by atoms with E-state index in [1.807, 2.05) is 0 Å². The topological polar surface area (TPSA) is 86.2 Å². The van der Waals surface area contributed by atoms with E-state index < -0.39 is 9.84 Å². The second-order valence-electron chi connectivity index (χ2n) is 4.17. The lowest BCUT2D eigenvalue weighted by molar-refractivity contribution is 0.104. The van der Waals surface area contributed by atoms with Crippen molar-refractivity contribution in [3.63, 3.8) is 0 Å². The second-order valence-corrected chi connectivity index (χ2v) is 6.76. The van der Waals surface area contributed by atoms with Crippen molar-refractivity contribution in [3.8, 4) is 5.75 Å². The van der Waals surface area contributed by atoms with Crippen LogP contribution in [0.3, 0.4) is 0 Å². The number of ketones is 1. The maximum absolute atomic E-state index is 12.0. The van der Waals surface area contributed by atoms with Crippen LogP contribution in [0, 0.1) is 0 Å². The molecule has 0 radical (unpaired) electrons. The van der Waals surface area contributed by atoms with E-state index in [1.165, 1.54) is 42.9 Å². The van der Waals surface area contributed by atoms with Crippen LogP contribution in [-0.4, -0.2) is 37.2 Å². The van der Waals surface area contributed by atoms with Crippen molar-refractivity contribution in [2.24, 2.45) is 0 Å². The van der Waals surface area contributed by atoms with Gasteiger partial charge in [-0.1, -0.05) is 4.49 Å². The number of methoxy groups -OCH3 is 1. The van der Waals surface area contributed by atoms with Gasteiger partial charge in [-0.25, -0.2) is 8.42 Å². The number of hydrogen-bond acceptors (Lipinski definition) is 7. The normalized spacial score (nSPS) is 11.7. The Morgan fingerprint density at radius 2 is 2.14 bits per heavy atom. The van der Waals surface area contributed by atoms with Crippen LogP contribution < -0.4 is 4.74 Å². The molecule has 2 aromatic rings. The third-order valence-corrected chi connectivity index (χ3v) is 4.29. The summed E-state index contributed by atoms with van der Waals surface area (Å²) < 4.78 is 31.9. The lowest BCUT2D eigenvalue weighted by Gasteiger charge is -2.07. The lowest BCUT2D eigenvalue weighted by Crippen LogP contribution is -2.03. The SMILES string of the molecule is COc1cc(C(=O)C=Cc2csnn2)ccc1S(C)(=O)=O. The quantitative estimate of drug-likeness (QED) is 0.616. The van der Waals surface area contributed by atoms with Gasteiger partial charge in [-0.3, -0.25) is 4.79 Å². The molecule has 0 aliphatic carbocycles. The molecule has 0 saturated heterocycles. The molecule has 110 valence electrons. The predicted molar refractivity (Wildman–Crippen MR) is 79.4 cm³/mol. The summed E-state index contributed by atoms with van der Waals surface area (Å²) in [4.78, 5) is 12.1. The fraction of sp³-hybridized carbons (Fsp3) is 0.154. The minimum atomic E-state index is -3.41. The predicted octanol–water partition coefficient (Wildman–Crippen LogP) is 1.85. The molecule has 1 heterocycles. The Bertz CT molecular complexity index is 781. The van der Waals surface area contributed by atoms with Crippen LogP contribution in [0.4, 0.5) is 0 Å². The number of hydrogen-bond donors (Lipinski definition) is 0. The van der Waals surface area contributed by atoms with Crippen LogP contribution >= 0.6 is 11.5 Å². The minimum Gasteiger partial charge on any atom is -0.495 e. The standard InChI is InChI=1S/C13H12N2O4S2/c1-19-12-7-9(3-6-13(12)21(2,17)18)11(16)5-4-10-8-20-15-14-10/h3-8H,1-2H3. The van der Waals surface area contributed by atoms with Gasteiger partial charge in [-0.2, -0.15) is 0 Å². The van der Waals surface area contributed by atoms with E-state index in [-0.39, 0.29) is 16.4 Å². The number of aromatic nitrogens is 2. The molecular formula is C13H12N2O4S2. The van der Waals surface area contributed by atoms with Gasteiger partial charge in [0.2, 0.25) is 0 Å². The Morgan fingerprint density at radius 3 is 2.71 bits per heavy atom. The van der Waals surface area contributed by atoms with Gasteiger partial charge in [-0.05, 0) is 41.9 Å². The van der Waals surface area contributed by atoms with Gasteiger partial charge in [-0.15, -0.1) is 5.10 Å². The molecule has 6 nitrogen and oxygen atoms in total. The minimum absolute atomic E-state index is 0.0502. The average Bonchev–Trinajstić information content (AvgIpc) is 2.96. The zero-order valence-electron chi connectivity index (χ0n) is 11.3. The molecule has 2 rings (SSSR count). The van der Waals surface area contributed by atoms with Crippen molar-refractivity contribution in [2.45, 2.75) is 4.90 Å². The van der Waals surface area contributed by atoms with E-state index >= 15 is 0 Å². The Kier molecular flexibility index (Phi) is 4.49. The number of carbonyl (C=O) groups excluding carboxylic acids is 1. The Balaban J connectivity index is 2.31. The van der Waals surface area contributed by atoms with Crippen LogP contribution in [0.5, 0.6) is 5.75 Å². The fourth-order valence-corrected chi connectivity index (χ4v) is 2.87. The summed E-state index contributed by atoms with van der Waals surface area (Å²) in [5, 5.41) is 5.49. The highest BCUT2D eigenvalue weighted by Gasteiger charge is 2.16. The fourth-order valence-electron chi connectivity index (χ4n) is 1.63. The van der Waals surface area contributed by atoms with Crippen molar-refractivity contribution < 1.29 is 17.9 Å². The van der Waals surface area contributed by atoms with Crippen molar-refractivity contribution >= 4 is 33.2 Å². The van der Waals surface area contributed by atoms with Gasteiger partial charge in [0.25, 0.3) is 0 Å².